The second kappa shape index (κ2) is 8.05. The van der Waals surface area contributed by atoms with Gasteiger partial charge in [-0.05, 0) is 52.7 Å². The number of benzene rings is 2. The Morgan fingerprint density at radius 3 is 2.85 bits per heavy atom. The number of carbonyl (C=O) groups is 1. The Hall–Kier alpha value is -2.80. The van der Waals surface area contributed by atoms with Gasteiger partial charge in [-0.15, -0.1) is 0 Å². The number of fused-ring (bicyclic) bond motifs is 1. The molecule has 0 saturated heterocycles. The molecule has 0 fully saturated rings. The van der Waals surface area contributed by atoms with Gasteiger partial charge in [-0.1, -0.05) is 18.2 Å². The zero-order chi connectivity index (χ0) is 18.5. The van der Waals surface area contributed by atoms with E-state index in [2.05, 4.69) is 26.5 Å². The summed E-state index contributed by atoms with van der Waals surface area (Å²) < 4.78 is 17.1. The molecule has 3 rings (SSSR count). The summed E-state index contributed by atoms with van der Waals surface area (Å²) in [7, 11) is 1.56. The first-order chi connectivity index (χ1) is 12.6. The molecule has 7 heteroatoms. The minimum Gasteiger partial charge on any atom is -0.493 e. The predicted octanol–water partition coefficient (Wildman–Crippen LogP) is 4.37. The van der Waals surface area contributed by atoms with Crippen molar-refractivity contribution >= 4 is 39.0 Å². The van der Waals surface area contributed by atoms with Crippen LogP contribution in [-0.4, -0.2) is 25.8 Å². The van der Waals surface area contributed by atoms with E-state index in [4.69, 9.17) is 13.9 Å². The molecule has 0 spiro atoms. The normalized spacial score (nSPS) is 11.0. The van der Waals surface area contributed by atoms with Crippen molar-refractivity contribution < 1.29 is 18.7 Å². The fourth-order valence-electron chi connectivity index (χ4n) is 2.41. The van der Waals surface area contributed by atoms with Gasteiger partial charge in [0.2, 0.25) is 0 Å². The van der Waals surface area contributed by atoms with Crippen LogP contribution in [-0.2, 0) is 0 Å². The Morgan fingerprint density at radius 2 is 2.12 bits per heavy atom. The van der Waals surface area contributed by atoms with Crippen molar-refractivity contribution in [1.82, 2.24) is 5.43 Å². The lowest BCUT2D eigenvalue weighted by atomic mass is 10.2. The maximum Gasteiger partial charge on any atom is 0.307 e. The van der Waals surface area contributed by atoms with E-state index in [0.29, 0.717) is 23.7 Å². The molecule has 0 atom stereocenters. The average molecular weight is 417 g/mol. The first-order valence-corrected chi connectivity index (χ1v) is 8.74. The average Bonchev–Trinajstić information content (AvgIpc) is 3.08. The van der Waals surface area contributed by atoms with Gasteiger partial charge in [0.25, 0.3) is 0 Å². The molecule has 0 bridgehead atoms. The van der Waals surface area contributed by atoms with Gasteiger partial charge in [0.05, 0.1) is 24.4 Å². The van der Waals surface area contributed by atoms with Crippen molar-refractivity contribution in [3.8, 4) is 11.5 Å². The molecule has 0 aliphatic heterocycles. The van der Waals surface area contributed by atoms with Crippen LogP contribution in [0.2, 0.25) is 0 Å². The number of nitrogens with one attached hydrogen (secondary N) is 1. The number of hydrazone groups is 1. The Morgan fingerprint density at radius 1 is 1.31 bits per heavy atom. The number of methoxy groups -OCH3 is 1. The molecule has 1 amide bonds. The summed E-state index contributed by atoms with van der Waals surface area (Å²) in [6, 6.07) is 12.7. The number of nitrogens with zero attached hydrogens (tertiary/aromatic N) is 1. The summed E-state index contributed by atoms with van der Waals surface area (Å²) in [5.74, 6) is 0.980. The quantitative estimate of drug-likeness (QED) is 0.478. The van der Waals surface area contributed by atoms with Crippen molar-refractivity contribution in [3.63, 3.8) is 0 Å². The molecular formula is C19H17BrN2O4. The number of hydrogen-bond donors (Lipinski definition) is 1. The maximum atomic E-state index is 12.2. The van der Waals surface area contributed by atoms with Crippen molar-refractivity contribution in [2.24, 2.45) is 5.10 Å². The summed E-state index contributed by atoms with van der Waals surface area (Å²) in [5.41, 5.74) is 3.85. The van der Waals surface area contributed by atoms with Crippen molar-refractivity contribution in [2.75, 3.05) is 13.7 Å². The first-order valence-electron chi connectivity index (χ1n) is 7.94. The number of amides is 1. The number of rotatable bonds is 6. The van der Waals surface area contributed by atoms with Crippen molar-refractivity contribution in [2.45, 2.75) is 6.92 Å². The monoisotopic (exact) mass is 416 g/mol. The van der Waals surface area contributed by atoms with Crippen LogP contribution >= 0.6 is 15.9 Å². The second-order valence-corrected chi connectivity index (χ2v) is 6.17. The molecule has 0 saturated carbocycles. The van der Waals surface area contributed by atoms with Crippen molar-refractivity contribution in [1.29, 1.82) is 0 Å². The molecule has 2 aromatic carbocycles. The Labute approximate surface area is 158 Å². The highest BCUT2D eigenvalue weighted by molar-refractivity contribution is 9.10. The molecule has 134 valence electrons. The largest absolute Gasteiger partial charge is 0.493 e. The molecule has 0 aliphatic rings. The Bertz CT molecular complexity index is 932. The lowest BCUT2D eigenvalue weighted by Crippen LogP contribution is -2.16. The molecule has 3 aromatic rings. The lowest BCUT2D eigenvalue weighted by molar-refractivity contribution is 0.0929. The van der Waals surface area contributed by atoms with E-state index < -0.39 is 5.91 Å². The number of ether oxygens (including phenoxy) is 2. The number of furan rings is 1. The standard InChI is InChI=1S/C19H17BrN2O4/c1-3-25-18-14(20)8-12(9-16(18)24-2)11-21-22-19(23)17-10-13-6-4-5-7-15(13)26-17/h4-11H,3H2,1-2H3,(H,22,23). The van der Waals surface area contributed by atoms with Gasteiger partial charge in [0, 0.05) is 5.39 Å². The van der Waals surface area contributed by atoms with E-state index in [1.807, 2.05) is 31.2 Å². The molecule has 0 unspecified atom stereocenters. The van der Waals surface area contributed by atoms with E-state index in [1.165, 1.54) is 6.21 Å². The van der Waals surface area contributed by atoms with E-state index >= 15 is 0 Å². The fraction of sp³-hybridized carbons (Fsp3) is 0.158. The first kappa shape index (κ1) is 18.0. The SMILES string of the molecule is CCOc1c(Br)cc(C=NNC(=O)c2cc3ccccc3o2)cc1OC. The van der Waals surface area contributed by atoms with Gasteiger partial charge in [-0.2, -0.15) is 5.10 Å². The highest BCUT2D eigenvalue weighted by Crippen LogP contribution is 2.36. The van der Waals surface area contributed by atoms with Crippen LogP contribution in [0.25, 0.3) is 11.0 Å². The van der Waals surface area contributed by atoms with Gasteiger partial charge in [0.15, 0.2) is 17.3 Å². The van der Waals surface area contributed by atoms with Gasteiger partial charge in [-0.3, -0.25) is 4.79 Å². The second-order valence-electron chi connectivity index (χ2n) is 5.31. The molecule has 26 heavy (non-hydrogen) atoms. The number of hydrogen-bond acceptors (Lipinski definition) is 5. The minimum atomic E-state index is -0.422. The van der Waals surface area contributed by atoms with Crippen molar-refractivity contribution in [3.05, 3.63) is 58.3 Å². The smallest absolute Gasteiger partial charge is 0.307 e. The minimum absolute atomic E-state index is 0.203. The zero-order valence-corrected chi connectivity index (χ0v) is 15.9. The van der Waals surface area contributed by atoms with Gasteiger partial charge < -0.3 is 13.9 Å². The molecule has 1 heterocycles. The van der Waals surface area contributed by atoms with Crippen LogP contribution in [0, 0.1) is 0 Å². The fourth-order valence-corrected chi connectivity index (χ4v) is 2.99. The van der Waals surface area contributed by atoms with Gasteiger partial charge in [-0.25, -0.2) is 5.43 Å². The van der Waals surface area contributed by atoms with Crippen LogP contribution in [0.15, 0.2) is 56.5 Å². The summed E-state index contributed by atoms with van der Waals surface area (Å²) in [4.78, 5) is 12.2. The third kappa shape index (κ3) is 3.88. The third-order valence-electron chi connectivity index (χ3n) is 3.57. The van der Waals surface area contributed by atoms with Crippen LogP contribution in [0.1, 0.15) is 23.0 Å². The van der Waals surface area contributed by atoms with E-state index in [1.54, 1.807) is 25.3 Å². The predicted molar refractivity (Wildman–Crippen MR) is 103 cm³/mol. The summed E-state index contributed by atoms with van der Waals surface area (Å²) >= 11 is 3.45. The van der Waals surface area contributed by atoms with Crippen LogP contribution in [0.3, 0.4) is 0 Å². The lowest BCUT2D eigenvalue weighted by Gasteiger charge is -2.11. The molecule has 0 aliphatic carbocycles. The zero-order valence-electron chi connectivity index (χ0n) is 14.3. The number of carbonyl (C=O) groups excluding carboxylic acids is 1. The summed E-state index contributed by atoms with van der Waals surface area (Å²) in [5, 5.41) is 4.84. The molecule has 1 aromatic heterocycles. The van der Waals surface area contributed by atoms with Crippen LogP contribution < -0.4 is 14.9 Å². The maximum absolute atomic E-state index is 12.2. The number of para-hydroxylation sites is 1. The third-order valence-corrected chi connectivity index (χ3v) is 4.16. The summed E-state index contributed by atoms with van der Waals surface area (Å²) in [6.07, 6.45) is 1.52. The van der Waals surface area contributed by atoms with E-state index in [0.717, 1.165) is 15.4 Å². The van der Waals surface area contributed by atoms with Crippen LogP contribution in [0.4, 0.5) is 0 Å². The number of halogens is 1. The molecule has 6 nitrogen and oxygen atoms in total. The topological polar surface area (TPSA) is 73.1 Å². The Kier molecular flexibility index (Phi) is 5.58. The van der Waals surface area contributed by atoms with Gasteiger partial charge in [0.1, 0.15) is 5.58 Å². The van der Waals surface area contributed by atoms with Gasteiger partial charge >= 0.3 is 5.91 Å². The Balaban J connectivity index is 1.73. The highest BCUT2D eigenvalue weighted by Gasteiger charge is 2.12. The molecule has 1 N–H and O–H groups in total. The molecule has 0 radical (unpaired) electrons. The van der Waals surface area contributed by atoms with E-state index in [-0.39, 0.29) is 5.76 Å². The highest BCUT2D eigenvalue weighted by atomic mass is 79.9. The van der Waals surface area contributed by atoms with E-state index in [9.17, 15) is 4.79 Å². The summed E-state index contributed by atoms with van der Waals surface area (Å²) in [6.45, 7) is 2.42. The van der Waals surface area contributed by atoms with Crippen LogP contribution in [0.5, 0.6) is 11.5 Å². The molecular weight excluding hydrogens is 400 g/mol.